The number of hydrogen-bond donors (Lipinski definition) is 1. The number of likely N-dealkylation sites (N-methyl/N-ethyl adjacent to an activating group) is 1. The molecule has 2 aliphatic heterocycles. The number of methoxy groups -OCH3 is 1. The van der Waals surface area contributed by atoms with E-state index >= 15 is 0 Å². The van der Waals surface area contributed by atoms with Crippen LogP contribution < -0.4 is 5.32 Å². The predicted octanol–water partition coefficient (Wildman–Crippen LogP) is 6.51. The Labute approximate surface area is 266 Å². The van der Waals surface area contributed by atoms with Crippen molar-refractivity contribution in [3.05, 3.63) is 95.1 Å². The van der Waals surface area contributed by atoms with Crippen LogP contribution in [0.1, 0.15) is 57.8 Å². The summed E-state index contributed by atoms with van der Waals surface area (Å²) in [6, 6.07) is 24.8. The molecule has 1 fully saturated rings. The van der Waals surface area contributed by atoms with E-state index in [0.29, 0.717) is 24.9 Å². The highest BCUT2D eigenvalue weighted by Crippen LogP contribution is 2.54. The molecule has 4 atom stereocenters. The Balaban J connectivity index is 1.31. The zero-order chi connectivity index (χ0) is 31.5. The third-order valence-electron chi connectivity index (χ3n) is 10.9. The molecule has 0 unspecified atom stereocenters. The van der Waals surface area contributed by atoms with E-state index in [1.54, 1.807) is 14.2 Å². The molecule has 1 aliphatic carbocycles. The highest BCUT2D eigenvalue weighted by Gasteiger charge is 2.54. The number of nitrogens with one attached hydrogen (secondary N) is 1. The molecule has 46 heavy (non-hydrogen) atoms. The number of benzene rings is 4. The molecule has 4 heterocycles. The van der Waals surface area contributed by atoms with Gasteiger partial charge in [-0.3, -0.25) is 14.5 Å². The van der Waals surface area contributed by atoms with Crippen molar-refractivity contribution in [1.82, 2.24) is 19.4 Å². The minimum absolute atomic E-state index is 0.0115. The van der Waals surface area contributed by atoms with E-state index in [-0.39, 0.29) is 30.1 Å². The zero-order valence-corrected chi connectivity index (χ0v) is 26.5. The third-order valence-corrected chi connectivity index (χ3v) is 10.9. The lowest BCUT2D eigenvalue weighted by molar-refractivity contribution is -0.268. The first-order valence-corrected chi connectivity index (χ1v) is 16.1. The predicted molar refractivity (Wildman–Crippen MR) is 179 cm³/mol. The molecule has 0 spiro atoms. The lowest BCUT2D eigenvalue weighted by Gasteiger charge is -2.50. The molecular formula is C38H36N4O4. The monoisotopic (exact) mass is 612 g/mol. The summed E-state index contributed by atoms with van der Waals surface area (Å²) >= 11 is 0. The first kappa shape index (κ1) is 27.8. The summed E-state index contributed by atoms with van der Waals surface area (Å²) in [4.78, 5) is 28.2. The van der Waals surface area contributed by atoms with Gasteiger partial charge in [-0.2, -0.15) is 0 Å². The van der Waals surface area contributed by atoms with Gasteiger partial charge in [0.15, 0.2) is 11.5 Å². The van der Waals surface area contributed by atoms with E-state index in [1.807, 2.05) is 24.3 Å². The second-order valence-corrected chi connectivity index (χ2v) is 13.2. The molecule has 9 rings (SSSR count). The first-order chi connectivity index (χ1) is 22.4. The van der Waals surface area contributed by atoms with Crippen LogP contribution in [0.3, 0.4) is 0 Å². The Morgan fingerprint density at radius 1 is 0.978 bits per heavy atom. The van der Waals surface area contributed by atoms with Gasteiger partial charge in [0.1, 0.15) is 12.3 Å². The first-order valence-electron chi connectivity index (χ1n) is 16.1. The van der Waals surface area contributed by atoms with Crippen molar-refractivity contribution >= 4 is 55.3 Å². The number of rotatable bonds is 5. The van der Waals surface area contributed by atoms with Gasteiger partial charge in [0.2, 0.25) is 0 Å². The highest BCUT2D eigenvalue weighted by atomic mass is 16.6. The molecule has 2 bridgehead atoms. The van der Waals surface area contributed by atoms with Crippen LogP contribution in [0, 0.1) is 0 Å². The SMILES string of the molecule is CNC(=O)c1ccc(CN(C)[C@@H]2C[C@H]3O[C@@](C)([C@@H]2OC)n2c4ccccc4c4c5c(c6c7ccccc7n3c6c42)C(=O)CC5)cc1. The Kier molecular flexibility index (Phi) is 5.89. The molecule has 1 amide bonds. The van der Waals surface area contributed by atoms with Gasteiger partial charge >= 0.3 is 0 Å². The number of ketones is 1. The fourth-order valence-electron chi connectivity index (χ4n) is 8.99. The van der Waals surface area contributed by atoms with Gasteiger partial charge in [0, 0.05) is 72.3 Å². The van der Waals surface area contributed by atoms with Crippen molar-refractivity contribution in [2.45, 2.75) is 56.8 Å². The summed E-state index contributed by atoms with van der Waals surface area (Å²) in [5.41, 5.74) is 7.33. The maximum absolute atomic E-state index is 13.7. The zero-order valence-electron chi connectivity index (χ0n) is 26.5. The molecule has 2 aromatic heterocycles. The van der Waals surface area contributed by atoms with Crippen molar-refractivity contribution in [2.75, 3.05) is 21.2 Å². The van der Waals surface area contributed by atoms with Crippen LogP contribution in [0.25, 0.3) is 43.6 Å². The van der Waals surface area contributed by atoms with Crippen molar-refractivity contribution in [3.8, 4) is 0 Å². The average molecular weight is 613 g/mol. The topological polar surface area (TPSA) is 77.7 Å². The minimum Gasteiger partial charge on any atom is -0.375 e. The molecule has 1 saturated heterocycles. The number of aromatic nitrogens is 2. The molecule has 232 valence electrons. The maximum atomic E-state index is 13.7. The Morgan fingerprint density at radius 3 is 2.39 bits per heavy atom. The van der Waals surface area contributed by atoms with E-state index in [1.165, 1.54) is 5.39 Å². The number of amides is 1. The number of para-hydroxylation sites is 2. The molecule has 4 aromatic carbocycles. The largest absolute Gasteiger partial charge is 0.375 e. The second-order valence-electron chi connectivity index (χ2n) is 13.2. The number of Topliss-reactive ketones (excluding diaryl/α,β-unsaturated/α-hetero) is 1. The summed E-state index contributed by atoms with van der Waals surface area (Å²) in [7, 11) is 5.59. The number of nitrogens with zero attached hydrogens (tertiary/aromatic N) is 3. The van der Waals surface area contributed by atoms with Crippen molar-refractivity contribution < 1.29 is 19.1 Å². The van der Waals surface area contributed by atoms with Crippen LogP contribution in [-0.2, 0) is 28.2 Å². The average Bonchev–Trinajstić information content (AvgIpc) is 3.72. The van der Waals surface area contributed by atoms with Crippen molar-refractivity contribution in [2.24, 2.45) is 0 Å². The fourth-order valence-corrected chi connectivity index (χ4v) is 8.99. The van der Waals surface area contributed by atoms with Gasteiger partial charge in [0.05, 0.1) is 22.1 Å². The fraction of sp³-hybridized carbons (Fsp3) is 0.316. The highest BCUT2D eigenvalue weighted by molar-refractivity contribution is 6.31. The van der Waals surface area contributed by atoms with Gasteiger partial charge in [-0.05, 0) is 55.8 Å². The number of carbonyl (C=O) groups is 2. The normalized spacial score (nSPS) is 23.7. The smallest absolute Gasteiger partial charge is 0.251 e. The van der Waals surface area contributed by atoms with Gasteiger partial charge in [-0.1, -0.05) is 48.5 Å². The number of aryl methyl sites for hydroxylation is 1. The Bertz CT molecular complexity index is 2260. The van der Waals surface area contributed by atoms with Crippen LogP contribution in [0.2, 0.25) is 0 Å². The van der Waals surface area contributed by atoms with Crippen LogP contribution in [0.15, 0.2) is 72.8 Å². The van der Waals surface area contributed by atoms with Gasteiger partial charge in [-0.15, -0.1) is 0 Å². The van der Waals surface area contributed by atoms with E-state index in [2.05, 4.69) is 81.9 Å². The molecule has 8 nitrogen and oxygen atoms in total. The molecule has 0 radical (unpaired) electrons. The van der Waals surface area contributed by atoms with E-state index in [0.717, 1.165) is 61.3 Å². The van der Waals surface area contributed by atoms with E-state index in [9.17, 15) is 9.59 Å². The molecule has 8 heteroatoms. The number of hydrogen-bond acceptors (Lipinski definition) is 5. The quantitative estimate of drug-likeness (QED) is 0.240. The third kappa shape index (κ3) is 3.49. The summed E-state index contributed by atoms with van der Waals surface area (Å²) < 4.78 is 18.6. The molecule has 0 saturated carbocycles. The van der Waals surface area contributed by atoms with E-state index in [4.69, 9.17) is 9.47 Å². The lowest BCUT2D eigenvalue weighted by atomic mass is 9.91. The summed E-state index contributed by atoms with van der Waals surface area (Å²) in [5, 5.41) is 7.17. The van der Waals surface area contributed by atoms with Gasteiger partial charge < -0.3 is 23.9 Å². The van der Waals surface area contributed by atoms with Crippen molar-refractivity contribution in [1.29, 1.82) is 0 Å². The molecular weight excluding hydrogens is 576 g/mol. The second kappa shape index (κ2) is 9.75. The Morgan fingerprint density at radius 2 is 1.67 bits per heavy atom. The Hall–Kier alpha value is -4.50. The maximum Gasteiger partial charge on any atom is 0.251 e. The van der Waals surface area contributed by atoms with Gasteiger partial charge in [-0.25, -0.2) is 0 Å². The van der Waals surface area contributed by atoms with Gasteiger partial charge in [0.25, 0.3) is 5.91 Å². The lowest BCUT2D eigenvalue weighted by Crippen LogP contribution is -2.60. The van der Waals surface area contributed by atoms with Crippen molar-refractivity contribution in [3.63, 3.8) is 0 Å². The van der Waals surface area contributed by atoms with Crippen LogP contribution >= 0.6 is 0 Å². The minimum atomic E-state index is -0.856. The molecule has 6 aromatic rings. The number of ether oxygens (including phenoxy) is 2. The molecule has 1 N–H and O–H groups in total. The molecule has 3 aliphatic rings. The standard InChI is InChI=1S/C38H36N4O4/c1-38-36(45-4)28(40(3)20-21-13-15-22(16-14-21)37(44)39-2)19-30(46-38)41-26-11-7-5-9-23(26)33-32-25(17-18-29(32)43)31-24-10-6-8-12-27(24)42(38)35(31)34(33)41/h5-16,28,30,36H,17-20H2,1-4H3,(H,39,44)/t28-,30-,36-,38+/m1/s1. The van der Waals surface area contributed by atoms with Crippen LogP contribution in [-0.4, -0.2) is 59.1 Å². The summed E-state index contributed by atoms with van der Waals surface area (Å²) in [5.74, 6) is 0.134. The number of fused-ring (bicyclic) bond motifs is 13. The van der Waals surface area contributed by atoms with E-state index < -0.39 is 5.72 Å². The van der Waals surface area contributed by atoms with Crippen LogP contribution in [0.4, 0.5) is 0 Å². The number of carbonyl (C=O) groups excluding carboxylic acids is 2. The van der Waals surface area contributed by atoms with Crippen LogP contribution in [0.5, 0.6) is 0 Å². The summed E-state index contributed by atoms with van der Waals surface area (Å²) in [6.07, 6.45) is 1.38. The summed E-state index contributed by atoms with van der Waals surface area (Å²) in [6.45, 7) is 2.86.